The number of halogens is 4. The van der Waals surface area contributed by atoms with Gasteiger partial charge in [0.1, 0.15) is 23.0 Å². The van der Waals surface area contributed by atoms with Gasteiger partial charge in [0.2, 0.25) is 11.6 Å². The second-order valence-electron chi connectivity index (χ2n) is 8.62. The highest BCUT2D eigenvalue weighted by atomic mass is 32.1. The minimum atomic E-state index is -1.69. The van der Waals surface area contributed by atoms with E-state index < -0.39 is 47.1 Å². The number of furan rings is 1. The molecule has 1 atom stereocenters. The van der Waals surface area contributed by atoms with Crippen LogP contribution in [0, 0.1) is 36.1 Å². The number of nitrogens with zero attached hydrogens (tertiary/aromatic N) is 2. The van der Waals surface area contributed by atoms with Gasteiger partial charge >= 0.3 is 5.91 Å². The van der Waals surface area contributed by atoms with Crippen molar-refractivity contribution in [2.45, 2.75) is 39.7 Å². The Morgan fingerprint density at radius 1 is 1.25 bits per heavy atom. The highest BCUT2D eigenvalue weighted by Crippen LogP contribution is 2.35. The number of fused-ring (bicyclic) bond motifs is 3. The van der Waals surface area contributed by atoms with Crippen molar-refractivity contribution in [3.8, 4) is 5.75 Å². The van der Waals surface area contributed by atoms with Crippen LogP contribution in [0.3, 0.4) is 0 Å². The van der Waals surface area contributed by atoms with Crippen LogP contribution < -0.4 is 15.7 Å². The molecule has 1 unspecified atom stereocenters. The minimum Gasteiger partial charge on any atom is -0.479 e. The SMILES string of the molecule is Cc1nc2sc3c(c2c(=O)n1NC(=O)c1ccc(COc2c(F)c(F)cc(F)c2F)o1)CCC(C)C3. The quantitative estimate of drug-likeness (QED) is 0.295. The molecule has 0 saturated heterocycles. The molecule has 188 valence electrons. The summed E-state index contributed by atoms with van der Waals surface area (Å²) in [4.78, 5) is 32.3. The minimum absolute atomic E-state index is 0.0534. The van der Waals surface area contributed by atoms with Gasteiger partial charge in [0.25, 0.3) is 5.56 Å². The summed E-state index contributed by atoms with van der Waals surface area (Å²) in [6, 6.07) is 2.61. The molecule has 1 aromatic carbocycles. The number of carbonyl (C=O) groups is 1. The fourth-order valence-corrected chi connectivity index (χ4v) is 5.60. The lowest BCUT2D eigenvalue weighted by Gasteiger charge is -2.17. The number of ether oxygens (including phenoxy) is 1. The van der Waals surface area contributed by atoms with Gasteiger partial charge in [-0.05, 0) is 49.8 Å². The Morgan fingerprint density at radius 3 is 2.69 bits per heavy atom. The first-order valence-corrected chi connectivity index (χ1v) is 11.9. The number of aromatic nitrogens is 2. The molecule has 0 bridgehead atoms. The summed E-state index contributed by atoms with van der Waals surface area (Å²) in [5, 5.41) is 0.493. The molecule has 7 nitrogen and oxygen atoms in total. The van der Waals surface area contributed by atoms with Crippen LogP contribution in [-0.2, 0) is 19.4 Å². The number of aryl methyl sites for hydroxylation is 2. The van der Waals surface area contributed by atoms with E-state index in [4.69, 9.17) is 9.15 Å². The fourth-order valence-electron chi connectivity index (χ4n) is 4.18. The molecule has 0 aliphatic heterocycles. The third kappa shape index (κ3) is 4.15. The monoisotopic (exact) mass is 521 g/mol. The predicted octanol–water partition coefficient (Wildman–Crippen LogP) is 5.00. The molecular formula is C24H19F4N3O4S. The molecule has 5 rings (SSSR count). The third-order valence-corrected chi connectivity index (χ3v) is 7.17. The van der Waals surface area contributed by atoms with Crippen LogP contribution in [-0.4, -0.2) is 15.6 Å². The van der Waals surface area contributed by atoms with Gasteiger partial charge in [-0.25, -0.2) is 18.4 Å². The Morgan fingerprint density at radius 2 is 1.97 bits per heavy atom. The topological polar surface area (TPSA) is 86.4 Å². The van der Waals surface area contributed by atoms with Gasteiger partial charge in [0, 0.05) is 10.9 Å². The molecule has 3 aromatic heterocycles. The van der Waals surface area contributed by atoms with Gasteiger partial charge in [-0.2, -0.15) is 8.78 Å². The Balaban J connectivity index is 1.36. The van der Waals surface area contributed by atoms with Gasteiger partial charge in [-0.1, -0.05) is 6.92 Å². The lowest BCUT2D eigenvalue weighted by molar-refractivity contribution is 0.0975. The average Bonchev–Trinajstić information content (AvgIpc) is 3.44. The van der Waals surface area contributed by atoms with Crippen LogP contribution in [0.2, 0.25) is 0 Å². The number of thiophene rings is 1. The zero-order valence-corrected chi connectivity index (χ0v) is 19.9. The molecule has 12 heteroatoms. The molecule has 0 saturated carbocycles. The first-order valence-electron chi connectivity index (χ1n) is 11.0. The van der Waals surface area contributed by atoms with Gasteiger partial charge in [0.05, 0.1) is 5.39 Å². The van der Waals surface area contributed by atoms with E-state index >= 15 is 0 Å². The van der Waals surface area contributed by atoms with E-state index in [-0.39, 0.29) is 23.4 Å². The van der Waals surface area contributed by atoms with Crippen molar-refractivity contribution in [3.63, 3.8) is 0 Å². The normalized spacial score (nSPS) is 15.2. The number of rotatable bonds is 5. The van der Waals surface area contributed by atoms with Crippen molar-refractivity contribution < 1.29 is 31.5 Å². The summed E-state index contributed by atoms with van der Waals surface area (Å²) in [5.41, 5.74) is 3.04. The first kappa shape index (κ1) is 24.0. The number of benzene rings is 1. The Bertz CT molecular complexity index is 1550. The smallest absolute Gasteiger partial charge is 0.305 e. The van der Waals surface area contributed by atoms with Crippen LogP contribution in [0.5, 0.6) is 5.75 Å². The highest BCUT2D eigenvalue weighted by molar-refractivity contribution is 7.18. The summed E-state index contributed by atoms with van der Waals surface area (Å²) in [7, 11) is 0. The van der Waals surface area contributed by atoms with Gasteiger partial charge in [-0.15, -0.1) is 11.3 Å². The number of hydrogen-bond donors (Lipinski definition) is 1. The second-order valence-corrected chi connectivity index (χ2v) is 9.71. The van der Waals surface area contributed by atoms with E-state index in [1.807, 2.05) is 0 Å². The van der Waals surface area contributed by atoms with E-state index in [0.717, 1.165) is 34.4 Å². The maximum absolute atomic E-state index is 13.8. The number of amides is 1. The van der Waals surface area contributed by atoms with Crippen LogP contribution in [0.1, 0.15) is 45.9 Å². The zero-order valence-electron chi connectivity index (χ0n) is 19.1. The van der Waals surface area contributed by atoms with Crippen molar-refractivity contribution in [1.29, 1.82) is 0 Å². The largest absolute Gasteiger partial charge is 0.479 e. The molecule has 1 aliphatic rings. The molecule has 0 spiro atoms. The number of nitrogens with one attached hydrogen (secondary N) is 1. The van der Waals surface area contributed by atoms with Gasteiger partial charge in [0.15, 0.2) is 23.1 Å². The van der Waals surface area contributed by atoms with E-state index in [9.17, 15) is 27.2 Å². The van der Waals surface area contributed by atoms with E-state index in [0.29, 0.717) is 16.1 Å². The molecule has 4 aromatic rings. The Hall–Kier alpha value is -3.67. The molecule has 1 N–H and O–H groups in total. The Kier molecular flexibility index (Phi) is 6.07. The van der Waals surface area contributed by atoms with Gasteiger partial charge < -0.3 is 9.15 Å². The lowest BCUT2D eigenvalue weighted by Crippen LogP contribution is -2.35. The van der Waals surface area contributed by atoms with Crippen LogP contribution in [0.15, 0.2) is 27.4 Å². The number of carbonyl (C=O) groups excluding carboxylic acids is 1. The van der Waals surface area contributed by atoms with Crippen molar-refractivity contribution in [3.05, 3.63) is 79.6 Å². The van der Waals surface area contributed by atoms with Crippen molar-refractivity contribution in [2.75, 3.05) is 5.43 Å². The van der Waals surface area contributed by atoms with Crippen LogP contribution in [0.25, 0.3) is 10.2 Å². The maximum atomic E-state index is 13.8. The summed E-state index contributed by atoms with van der Waals surface area (Å²) in [6.45, 7) is 3.14. The molecular weight excluding hydrogens is 502 g/mol. The number of hydrogen-bond acceptors (Lipinski definition) is 6. The average molecular weight is 521 g/mol. The van der Waals surface area contributed by atoms with E-state index in [1.54, 1.807) is 6.92 Å². The summed E-state index contributed by atoms with van der Waals surface area (Å²) in [5.74, 6) is -8.12. The van der Waals surface area contributed by atoms with Crippen molar-refractivity contribution in [2.24, 2.45) is 5.92 Å². The van der Waals surface area contributed by atoms with Crippen LogP contribution >= 0.6 is 11.3 Å². The third-order valence-electron chi connectivity index (χ3n) is 6.03. The molecule has 36 heavy (non-hydrogen) atoms. The highest BCUT2D eigenvalue weighted by Gasteiger charge is 2.25. The maximum Gasteiger partial charge on any atom is 0.305 e. The van der Waals surface area contributed by atoms with Crippen molar-refractivity contribution in [1.82, 2.24) is 9.66 Å². The standard InChI is InChI=1S/C24H19F4N3O4S/c1-10-3-5-13-17(7-10)36-23-18(13)24(33)31(11(2)29-23)30-22(32)16-6-4-12(35-16)9-34-21-19(27)14(25)8-15(26)20(21)28/h4,6,8,10H,3,5,7,9H2,1-2H3,(H,30,32). The summed E-state index contributed by atoms with van der Waals surface area (Å²) < 4.78 is 65.5. The Labute approximate surface area is 205 Å². The van der Waals surface area contributed by atoms with Crippen LogP contribution in [0.4, 0.5) is 17.6 Å². The predicted molar refractivity (Wildman–Crippen MR) is 123 cm³/mol. The first-order chi connectivity index (χ1) is 17.1. The molecule has 0 fully saturated rings. The summed E-state index contributed by atoms with van der Waals surface area (Å²) >= 11 is 1.50. The lowest BCUT2D eigenvalue weighted by atomic mass is 9.89. The van der Waals surface area contributed by atoms with E-state index in [1.165, 1.54) is 23.5 Å². The van der Waals surface area contributed by atoms with Gasteiger partial charge in [-0.3, -0.25) is 15.0 Å². The fraction of sp³-hybridized carbons (Fsp3) is 0.292. The molecule has 3 heterocycles. The molecule has 1 aliphatic carbocycles. The molecule has 1 amide bonds. The van der Waals surface area contributed by atoms with E-state index in [2.05, 4.69) is 17.3 Å². The second kappa shape index (κ2) is 9.08. The zero-order chi connectivity index (χ0) is 25.7. The summed E-state index contributed by atoms with van der Waals surface area (Å²) in [6.07, 6.45) is 2.61. The molecule has 0 radical (unpaired) electrons. The van der Waals surface area contributed by atoms with Crippen molar-refractivity contribution >= 4 is 27.5 Å².